The summed E-state index contributed by atoms with van der Waals surface area (Å²) in [5.41, 5.74) is -1.07. The lowest BCUT2D eigenvalue weighted by atomic mass is 9.90. The second-order valence-electron chi connectivity index (χ2n) is 13.0. The molecule has 290 valence electrons. The van der Waals surface area contributed by atoms with Gasteiger partial charge in [-0.3, -0.25) is 9.59 Å². The van der Waals surface area contributed by atoms with Crippen LogP contribution in [0.3, 0.4) is 0 Å². The van der Waals surface area contributed by atoms with E-state index in [0.717, 1.165) is 0 Å². The van der Waals surface area contributed by atoms with Gasteiger partial charge in [0.2, 0.25) is 17.5 Å². The largest absolute Gasteiger partial charge is 0.478 e. The van der Waals surface area contributed by atoms with Gasteiger partial charge in [0.15, 0.2) is 12.7 Å². The molecule has 3 rings (SSSR count). The van der Waals surface area contributed by atoms with Gasteiger partial charge in [0.1, 0.15) is 19.1 Å². The van der Waals surface area contributed by atoms with Crippen molar-refractivity contribution in [3.8, 4) is 0 Å². The van der Waals surface area contributed by atoms with Gasteiger partial charge in [-0.1, -0.05) is 54.7 Å². The van der Waals surface area contributed by atoms with Crippen LogP contribution in [0.5, 0.6) is 0 Å². The Hall–Kier alpha value is -3.73. The van der Waals surface area contributed by atoms with Gasteiger partial charge in [-0.2, -0.15) is 0 Å². The van der Waals surface area contributed by atoms with E-state index in [4.69, 9.17) is 64.0 Å². The number of aliphatic carboxylic acids is 1. The summed E-state index contributed by atoms with van der Waals surface area (Å²) in [6, 6.07) is 0. The minimum atomic E-state index is -0.964. The molecule has 3 aliphatic rings. The average Bonchev–Trinajstić information content (AvgIpc) is 3.55. The van der Waals surface area contributed by atoms with E-state index >= 15 is 0 Å². The van der Waals surface area contributed by atoms with Crippen molar-refractivity contribution in [1.82, 2.24) is 0 Å². The maximum Gasteiger partial charge on any atom is 0.348 e. The molecule has 0 amide bonds. The van der Waals surface area contributed by atoms with E-state index in [0.29, 0.717) is 6.61 Å². The first-order chi connectivity index (χ1) is 23.2. The van der Waals surface area contributed by atoms with Gasteiger partial charge in [0, 0.05) is 27.4 Å². The predicted molar refractivity (Wildman–Crippen MR) is 181 cm³/mol. The molecule has 0 aromatic heterocycles. The van der Waals surface area contributed by atoms with Gasteiger partial charge in [-0.15, -0.1) is 23.2 Å². The summed E-state index contributed by atoms with van der Waals surface area (Å²) in [4.78, 5) is 85.3. The fourth-order valence-corrected chi connectivity index (χ4v) is 3.24. The number of aliphatic hydroxyl groups excluding tert-OH is 1. The zero-order valence-electron chi connectivity index (χ0n) is 29.6. The first-order valence-corrected chi connectivity index (χ1v) is 16.2. The van der Waals surface area contributed by atoms with Crippen molar-refractivity contribution >= 4 is 81.8 Å². The Morgan fingerprint density at radius 2 is 1.08 bits per heavy atom. The summed E-state index contributed by atoms with van der Waals surface area (Å²) in [7, 11) is 0. The normalized spacial score (nSPS) is 21.3. The molecule has 0 aromatic carbocycles. The Labute approximate surface area is 310 Å². The number of carbonyl (C=O) groups excluding carboxylic acids is 7. The van der Waals surface area contributed by atoms with Crippen molar-refractivity contribution in [2.45, 2.75) is 73.7 Å². The van der Waals surface area contributed by atoms with E-state index in [1.807, 2.05) is 0 Å². The Bertz CT molecular complexity index is 1310. The summed E-state index contributed by atoms with van der Waals surface area (Å²) in [6.45, 7) is 20.3. The number of esters is 6. The third-order valence-corrected chi connectivity index (χ3v) is 7.05. The maximum atomic E-state index is 11.4. The molecule has 3 saturated heterocycles. The van der Waals surface area contributed by atoms with E-state index < -0.39 is 88.2 Å². The number of carbonyl (C=O) groups is 8. The average molecular weight is 792 g/mol. The molecule has 19 heteroatoms. The van der Waals surface area contributed by atoms with E-state index in [1.165, 1.54) is 13.8 Å². The monoisotopic (exact) mass is 790 g/mol. The first-order valence-electron chi connectivity index (χ1n) is 14.7. The number of carboxylic acid groups (broad SMARTS) is 1. The van der Waals surface area contributed by atoms with Crippen molar-refractivity contribution in [3.05, 3.63) is 24.3 Å². The Kier molecular flexibility index (Phi) is 21.6. The number of aliphatic hydroxyl groups is 1. The SMILES string of the molecule is C=C(C)C(=O)O.C=C(C)C(=O)OCC(=O)OC1C(=O)OCC1(C)C.CC1(C)COC(=O)C1O.CC1(C)COC(=O)C1OC(=O)CCl.O=C(Cl)CCl. The van der Waals surface area contributed by atoms with Crippen molar-refractivity contribution in [3.63, 3.8) is 0 Å². The lowest BCUT2D eigenvalue weighted by Gasteiger charge is -2.21. The predicted octanol–water partition coefficient (Wildman–Crippen LogP) is 2.89. The number of rotatable bonds is 8. The van der Waals surface area contributed by atoms with E-state index in [1.54, 1.807) is 41.5 Å². The Balaban J connectivity index is 0. The molecule has 3 unspecified atom stereocenters. The van der Waals surface area contributed by atoms with Gasteiger partial charge in [-0.05, 0) is 25.4 Å². The molecule has 2 N–H and O–H groups in total. The molecule has 0 spiro atoms. The summed E-state index contributed by atoms with van der Waals surface area (Å²) in [5, 5.41) is 16.4. The van der Waals surface area contributed by atoms with Crippen LogP contribution in [-0.2, 0) is 66.8 Å². The van der Waals surface area contributed by atoms with Crippen LogP contribution in [0.4, 0.5) is 0 Å². The van der Waals surface area contributed by atoms with Gasteiger partial charge in [0.05, 0.1) is 12.5 Å². The Morgan fingerprint density at radius 1 is 0.725 bits per heavy atom. The number of ether oxygens (including phenoxy) is 6. The molecular formula is C32H45Cl3O16. The molecule has 16 nitrogen and oxygen atoms in total. The van der Waals surface area contributed by atoms with Crippen LogP contribution in [0.15, 0.2) is 24.3 Å². The van der Waals surface area contributed by atoms with E-state index in [-0.39, 0.29) is 36.1 Å². The number of hydrogen-bond acceptors (Lipinski definition) is 15. The fourth-order valence-electron chi connectivity index (χ4n) is 3.18. The first kappa shape index (κ1) is 49.4. The van der Waals surface area contributed by atoms with Gasteiger partial charge >= 0.3 is 41.8 Å². The van der Waals surface area contributed by atoms with E-state index in [9.17, 15) is 38.4 Å². The van der Waals surface area contributed by atoms with Gasteiger partial charge in [-0.25, -0.2) is 28.8 Å². The third kappa shape index (κ3) is 18.9. The minimum absolute atomic E-state index is 0.0957. The quantitative estimate of drug-likeness (QED) is 0.118. The van der Waals surface area contributed by atoms with Crippen LogP contribution in [0, 0.1) is 16.2 Å². The van der Waals surface area contributed by atoms with Crippen LogP contribution < -0.4 is 0 Å². The van der Waals surface area contributed by atoms with Crippen molar-refractivity contribution in [2.24, 2.45) is 16.2 Å². The summed E-state index contributed by atoms with van der Waals surface area (Å²) in [5.74, 6) is -4.93. The molecule has 3 heterocycles. The molecule has 51 heavy (non-hydrogen) atoms. The van der Waals surface area contributed by atoms with Crippen LogP contribution in [0.25, 0.3) is 0 Å². The zero-order chi connectivity index (χ0) is 40.5. The molecule has 0 aliphatic carbocycles. The smallest absolute Gasteiger partial charge is 0.348 e. The maximum absolute atomic E-state index is 11.4. The number of halogens is 3. The number of alkyl halides is 2. The third-order valence-electron chi connectivity index (χ3n) is 6.32. The highest BCUT2D eigenvalue weighted by atomic mass is 35.5. The lowest BCUT2D eigenvalue weighted by Crippen LogP contribution is -2.36. The molecule has 0 saturated carbocycles. The van der Waals surface area contributed by atoms with Crippen LogP contribution >= 0.6 is 34.8 Å². The van der Waals surface area contributed by atoms with Gasteiger partial charge < -0.3 is 38.6 Å². The van der Waals surface area contributed by atoms with Gasteiger partial charge in [0.25, 0.3) is 0 Å². The van der Waals surface area contributed by atoms with Crippen molar-refractivity contribution in [2.75, 3.05) is 38.2 Å². The summed E-state index contributed by atoms with van der Waals surface area (Å²) in [6.07, 6.45) is -2.72. The lowest BCUT2D eigenvalue weighted by molar-refractivity contribution is -0.168. The highest BCUT2D eigenvalue weighted by Gasteiger charge is 2.47. The minimum Gasteiger partial charge on any atom is -0.478 e. The summed E-state index contributed by atoms with van der Waals surface area (Å²) < 4.78 is 28.6. The topological polar surface area (TPSA) is 232 Å². The second-order valence-corrected chi connectivity index (χ2v) is 14.0. The van der Waals surface area contributed by atoms with Crippen molar-refractivity contribution in [1.29, 1.82) is 0 Å². The molecular weight excluding hydrogens is 747 g/mol. The molecule has 0 aromatic rings. The number of carboxylic acids is 1. The summed E-state index contributed by atoms with van der Waals surface area (Å²) >= 11 is 14.8. The van der Waals surface area contributed by atoms with Crippen molar-refractivity contribution < 1.29 is 77.0 Å². The number of hydrogen-bond donors (Lipinski definition) is 2. The highest BCUT2D eigenvalue weighted by molar-refractivity contribution is 6.67. The standard InChI is InChI=1S/C12H16O6.C8H11ClO4.C6H10O3.C4H6O2.C2H2Cl2O/c1-7(2)10(14)16-5-8(13)18-9-11(15)17-6-12(9,3)4;1-8(2)4-12-7(11)6(8)13-5(10)3-9;1-6(2)3-9-5(8)4(6)7;1-3(2)4(5)6;3-1-2(4)5/h9H,1,5-6H2,2-4H3;6H,3-4H2,1-2H3;4,7H,3H2,1-2H3;1H2,2H3,(H,5,6);1H2. The molecule has 0 radical (unpaired) electrons. The number of cyclic esters (lactones) is 3. The molecule has 0 bridgehead atoms. The van der Waals surface area contributed by atoms with Crippen LogP contribution in [0.2, 0.25) is 0 Å². The zero-order valence-corrected chi connectivity index (χ0v) is 31.9. The van der Waals surface area contributed by atoms with Crippen LogP contribution in [-0.4, -0.2) is 114 Å². The van der Waals surface area contributed by atoms with Crippen LogP contribution in [0.1, 0.15) is 55.4 Å². The molecule has 3 atom stereocenters. The van der Waals surface area contributed by atoms with E-state index in [2.05, 4.69) is 22.6 Å². The molecule has 3 aliphatic heterocycles. The Morgan fingerprint density at radius 3 is 1.29 bits per heavy atom. The highest BCUT2D eigenvalue weighted by Crippen LogP contribution is 2.32. The molecule has 3 fully saturated rings. The second kappa shape index (κ2) is 22.3. The fraction of sp³-hybridized carbons (Fsp3) is 0.625.